The minimum absolute atomic E-state index is 0.136. The van der Waals surface area contributed by atoms with Gasteiger partial charge in [-0.15, -0.1) is 0 Å². The molecule has 0 aliphatic carbocycles. The Morgan fingerprint density at radius 3 is 2.74 bits per heavy atom. The van der Waals surface area contributed by atoms with E-state index in [1.807, 2.05) is 19.1 Å². The molecule has 1 rings (SSSR count). The Kier molecular flexibility index (Phi) is 6.31. The SMILES string of the molecule is CC(NC(=O)NCCOCC(=O)O)c1ccncc1. The predicted molar refractivity (Wildman–Crippen MR) is 67.6 cm³/mol. The van der Waals surface area contributed by atoms with Crippen LogP contribution < -0.4 is 10.6 Å². The first kappa shape index (κ1) is 14.9. The molecule has 0 saturated carbocycles. The summed E-state index contributed by atoms with van der Waals surface area (Å²) >= 11 is 0. The van der Waals surface area contributed by atoms with Crippen molar-refractivity contribution in [1.82, 2.24) is 15.6 Å². The molecule has 1 aromatic rings. The number of nitrogens with one attached hydrogen (secondary N) is 2. The molecule has 2 amide bonds. The van der Waals surface area contributed by atoms with Crippen LogP contribution in [0.2, 0.25) is 0 Å². The summed E-state index contributed by atoms with van der Waals surface area (Å²) in [6, 6.07) is 3.17. The van der Waals surface area contributed by atoms with Crippen LogP contribution in [0.25, 0.3) is 0 Å². The van der Waals surface area contributed by atoms with Gasteiger partial charge in [0.15, 0.2) is 0 Å². The van der Waals surface area contributed by atoms with Crippen LogP contribution >= 0.6 is 0 Å². The fourth-order valence-corrected chi connectivity index (χ4v) is 1.38. The number of carbonyl (C=O) groups is 2. The van der Waals surface area contributed by atoms with Gasteiger partial charge in [-0.25, -0.2) is 9.59 Å². The lowest BCUT2D eigenvalue weighted by molar-refractivity contribution is -0.142. The molecular weight excluding hydrogens is 250 g/mol. The molecule has 0 saturated heterocycles. The molecular formula is C12H17N3O4. The molecule has 1 atom stereocenters. The summed E-state index contributed by atoms with van der Waals surface area (Å²) in [6.07, 6.45) is 3.32. The predicted octanol–water partition coefficient (Wildman–Crippen LogP) is 0.543. The molecule has 7 heteroatoms. The van der Waals surface area contributed by atoms with E-state index in [2.05, 4.69) is 15.6 Å². The number of amides is 2. The van der Waals surface area contributed by atoms with Gasteiger partial charge in [-0.05, 0) is 24.6 Å². The number of urea groups is 1. The van der Waals surface area contributed by atoms with E-state index in [9.17, 15) is 9.59 Å². The van der Waals surface area contributed by atoms with E-state index in [0.717, 1.165) is 5.56 Å². The quantitative estimate of drug-likeness (QED) is 0.626. The number of carbonyl (C=O) groups excluding carboxylic acids is 1. The standard InChI is InChI=1S/C12H17N3O4/c1-9(10-2-4-13-5-3-10)15-12(18)14-6-7-19-8-11(16)17/h2-5,9H,6-8H2,1H3,(H,16,17)(H2,14,15,18). The molecule has 0 bridgehead atoms. The zero-order chi connectivity index (χ0) is 14.1. The second kappa shape index (κ2) is 8.04. The van der Waals surface area contributed by atoms with Crippen molar-refractivity contribution < 1.29 is 19.4 Å². The maximum absolute atomic E-state index is 11.5. The Labute approximate surface area is 111 Å². The summed E-state index contributed by atoms with van der Waals surface area (Å²) in [5.74, 6) is -1.03. The summed E-state index contributed by atoms with van der Waals surface area (Å²) in [6.45, 7) is 1.90. The van der Waals surface area contributed by atoms with Gasteiger partial charge in [0.1, 0.15) is 6.61 Å². The molecule has 0 aliphatic rings. The Balaban J connectivity index is 2.19. The van der Waals surface area contributed by atoms with Crippen LogP contribution in [-0.4, -0.2) is 41.8 Å². The summed E-state index contributed by atoms with van der Waals surface area (Å²) in [5, 5.41) is 13.7. The fourth-order valence-electron chi connectivity index (χ4n) is 1.38. The van der Waals surface area contributed by atoms with E-state index in [-0.39, 0.29) is 31.8 Å². The monoisotopic (exact) mass is 267 g/mol. The van der Waals surface area contributed by atoms with Crippen LogP contribution in [-0.2, 0) is 9.53 Å². The van der Waals surface area contributed by atoms with Crippen LogP contribution in [0.4, 0.5) is 4.79 Å². The average Bonchev–Trinajstić information content (AvgIpc) is 2.39. The highest BCUT2D eigenvalue weighted by atomic mass is 16.5. The first-order valence-electron chi connectivity index (χ1n) is 5.83. The van der Waals surface area contributed by atoms with Crippen molar-refractivity contribution in [2.45, 2.75) is 13.0 Å². The maximum atomic E-state index is 11.5. The lowest BCUT2D eigenvalue weighted by Gasteiger charge is -2.14. The van der Waals surface area contributed by atoms with Gasteiger partial charge in [0.25, 0.3) is 0 Å². The molecule has 0 aliphatic heterocycles. The summed E-state index contributed by atoms with van der Waals surface area (Å²) in [5.41, 5.74) is 0.951. The van der Waals surface area contributed by atoms with Crippen molar-refractivity contribution in [3.63, 3.8) is 0 Å². The Morgan fingerprint density at radius 2 is 2.11 bits per heavy atom. The van der Waals surface area contributed by atoms with Gasteiger partial charge in [0.05, 0.1) is 12.6 Å². The fraction of sp³-hybridized carbons (Fsp3) is 0.417. The molecule has 19 heavy (non-hydrogen) atoms. The molecule has 0 radical (unpaired) electrons. The van der Waals surface area contributed by atoms with Gasteiger partial charge in [0, 0.05) is 18.9 Å². The van der Waals surface area contributed by atoms with Gasteiger partial charge in [-0.1, -0.05) is 0 Å². The van der Waals surface area contributed by atoms with Gasteiger partial charge >= 0.3 is 12.0 Å². The van der Waals surface area contributed by atoms with E-state index in [4.69, 9.17) is 9.84 Å². The highest BCUT2D eigenvalue weighted by molar-refractivity contribution is 5.74. The van der Waals surface area contributed by atoms with E-state index >= 15 is 0 Å². The summed E-state index contributed by atoms with van der Waals surface area (Å²) in [7, 11) is 0. The maximum Gasteiger partial charge on any atom is 0.329 e. The zero-order valence-corrected chi connectivity index (χ0v) is 10.6. The topological polar surface area (TPSA) is 101 Å². The second-order valence-corrected chi connectivity index (χ2v) is 3.85. The molecule has 104 valence electrons. The van der Waals surface area contributed by atoms with Crippen LogP contribution in [0.3, 0.4) is 0 Å². The number of pyridine rings is 1. The van der Waals surface area contributed by atoms with Crippen LogP contribution in [0.1, 0.15) is 18.5 Å². The third-order valence-electron chi connectivity index (χ3n) is 2.31. The molecule has 1 heterocycles. The van der Waals surface area contributed by atoms with Crippen molar-refractivity contribution in [2.24, 2.45) is 0 Å². The van der Waals surface area contributed by atoms with Gasteiger partial charge in [-0.3, -0.25) is 4.98 Å². The van der Waals surface area contributed by atoms with Gasteiger partial charge in [0.2, 0.25) is 0 Å². The summed E-state index contributed by atoms with van der Waals surface area (Å²) in [4.78, 5) is 25.6. The number of hydrogen-bond donors (Lipinski definition) is 3. The first-order chi connectivity index (χ1) is 9.09. The molecule has 0 aromatic carbocycles. The molecule has 1 aromatic heterocycles. The van der Waals surface area contributed by atoms with E-state index in [1.165, 1.54) is 0 Å². The number of hydrogen-bond acceptors (Lipinski definition) is 4. The number of ether oxygens (including phenoxy) is 1. The molecule has 3 N–H and O–H groups in total. The number of carboxylic acids is 1. The molecule has 0 fully saturated rings. The van der Waals surface area contributed by atoms with Crippen molar-refractivity contribution in [2.75, 3.05) is 19.8 Å². The molecule has 0 spiro atoms. The van der Waals surface area contributed by atoms with Crippen LogP contribution in [0.15, 0.2) is 24.5 Å². The zero-order valence-electron chi connectivity index (χ0n) is 10.6. The summed E-state index contributed by atoms with van der Waals surface area (Å²) < 4.78 is 4.78. The lowest BCUT2D eigenvalue weighted by Crippen LogP contribution is -2.38. The Bertz CT molecular complexity index is 411. The number of nitrogens with zero attached hydrogens (tertiary/aromatic N) is 1. The van der Waals surface area contributed by atoms with E-state index in [1.54, 1.807) is 12.4 Å². The number of carboxylic acid groups (broad SMARTS) is 1. The first-order valence-corrected chi connectivity index (χ1v) is 5.83. The second-order valence-electron chi connectivity index (χ2n) is 3.85. The Morgan fingerprint density at radius 1 is 1.42 bits per heavy atom. The molecule has 7 nitrogen and oxygen atoms in total. The van der Waals surface area contributed by atoms with Crippen molar-refractivity contribution in [1.29, 1.82) is 0 Å². The van der Waals surface area contributed by atoms with Gasteiger partial charge in [-0.2, -0.15) is 0 Å². The van der Waals surface area contributed by atoms with Gasteiger partial charge < -0.3 is 20.5 Å². The minimum Gasteiger partial charge on any atom is -0.480 e. The third-order valence-corrected chi connectivity index (χ3v) is 2.31. The van der Waals surface area contributed by atoms with E-state index in [0.29, 0.717) is 0 Å². The third kappa shape index (κ3) is 6.37. The average molecular weight is 267 g/mol. The molecule has 1 unspecified atom stereocenters. The number of rotatable bonds is 7. The Hall–Kier alpha value is -2.15. The van der Waals surface area contributed by atoms with Crippen LogP contribution in [0, 0.1) is 0 Å². The minimum atomic E-state index is -1.03. The normalized spacial score (nSPS) is 11.6. The van der Waals surface area contributed by atoms with Crippen LogP contribution in [0.5, 0.6) is 0 Å². The van der Waals surface area contributed by atoms with E-state index < -0.39 is 5.97 Å². The van der Waals surface area contributed by atoms with Crippen molar-refractivity contribution in [3.8, 4) is 0 Å². The number of aliphatic carboxylic acids is 1. The lowest BCUT2D eigenvalue weighted by atomic mass is 10.1. The van der Waals surface area contributed by atoms with Crippen molar-refractivity contribution >= 4 is 12.0 Å². The number of aromatic nitrogens is 1. The highest BCUT2D eigenvalue weighted by Gasteiger charge is 2.08. The smallest absolute Gasteiger partial charge is 0.329 e. The van der Waals surface area contributed by atoms with Crippen molar-refractivity contribution in [3.05, 3.63) is 30.1 Å². The highest BCUT2D eigenvalue weighted by Crippen LogP contribution is 2.09. The largest absolute Gasteiger partial charge is 0.480 e.